The van der Waals surface area contributed by atoms with Crippen LogP contribution in [0.1, 0.15) is 20.8 Å². The minimum atomic E-state index is -3.47. The molecular formula is C8H14O2Se. The van der Waals surface area contributed by atoms with Crippen LogP contribution >= 0.6 is 0 Å². The molecule has 1 heterocycles. The Kier molecular flexibility index (Phi) is 1.97. The number of hydrogen-bond acceptors (Lipinski definition) is 2. The van der Waals surface area contributed by atoms with Crippen LogP contribution in [-0.2, 0) is 7.67 Å². The van der Waals surface area contributed by atoms with E-state index in [4.69, 9.17) is 0 Å². The van der Waals surface area contributed by atoms with Gasteiger partial charge in [-0.3, -0.25) is 0 Å². The zero-order chi connectivity index (χ0) is 8.70. The third-order valence-corrected chi connectivity index (χ3v) is 4.91. The summed E-state index contributed by atoms with van der Waals surface area (Å²) in [4.78, 5) is 0. The molecule has 0 aromatic rings. The van der Waals surface area contributed by atoms with E-state index in [0.717, 1.165) is 5.57 Å². The number of hydrogen-bond donors (Lipinski definition) is 0. The van der Waals surface area contributed by atoms with Gasteiger partial charge in [0.2, 0.25) is 0 Å². The minimum absolute atomic E-state index is 0.0357. The van der Waals surface area contributed by atoms with Gasteiger partial charge in [-0.2, -0.15) is 0 Å². The molecule has 0 spiro atoms. The Morgan fingerprint density at radius 2 is 1.91 bits per heavy atom. The van der Waals surface area contributed by atoms with Gasteiger partial charge >= 0.3 is 68.9 Å². The molecule has 0 atom stereocenters. The van der Waals surface area contributed by atoms with Gasteiger partial charge in [-0.15, -0.1) is 0 Å². The van der Waals surface area contributed by atoms with Crippen molar-refractivity contribution >= 4 is 12.7 Å². The van der Waals surface area contributed by atoms with Crippen LogP contribution in [-0.4, -0.2) is 12.7 Å². The van der Waals surface area contributed by atoms with Crippen LogP contribution in [0, 0.1) is 5.41 Å². The van der Waals surface area contributed by atoms with Crippen LogP contribution in [0.25, 0.3) is 0 Å². The molecule has 0 saturated carbocycles. The number of allylic oxidation sites excluding steroid dienone is 2. The van der Waals surface area contributed by atoms with Gasteiger partial charge in [0.15, 0.2) is 0 Å². The van der Waals surface area contributed by atoms with Crippen molar-refractivity contribution in [2.45, 2.75) is 31.4 Å². The second-order valence-electron chi connectivity index (χ2n) is 4.03. The fourth-order valence-corrected chi connectivity index (χ4v) is 4.46. The van der Waals surface area contributed by atoms with Gasteiger partial charge in [0, 0.05) is 0 Å². The molecule has 0 saturated heterocycles. The monoisotopic (exact) mass is 222 g/mol. The molecule has 11 heavy (non-hydrogen) atoms. The standard InChI is InChI=1S/C8H14O2Se/c1-8(2,3)7-4-5-11(9,10)6-7/h4H,5-6H2,1-3H3. The third-order valence-electron chi connectivity index (χ3n) is 1.92. The van der Waals surface area contributed by atoms with Gasteiger partial charge in [0.05, 0.1) is 0 Å². The van der Waals surface area contributed by atoms with E-state index in [1.165, 1.54) is 0 Å². The molecule has 0 aromatic heterocycles. The van der Waals surface area contributed by atoms with E-state index in [1.54, 1.807) is 0 Å². The predicted molar refractivity (Wildman–Crippen MR) is 44.3 cm³/mol. The average Bonchev–Trinajstić information content (AvgIpc) is 2.07. The first-order valence-corrected chi connectivity index (χ1v) is 7.53. The molecule has 0 aliphatic carbocycles. The summed E-state index contributed by atoms with van der Waals surface area (Å²) < 4.78 is 22.2. The maximum atomic E-state index is 11.1. The van der Waals surface area contributed by atoms with Crippen molar-refractivity contribution in [3.05, 3.63) is 11.6 Å². The molecule has 1 aliphatic rings. The summed E-state index contributed by atoms with van der Waals surface area (Å²) >= 11 is -3.47. The van der Waals surface area contributed by atoms with Gasteiger partial charge in [-0.25, -0.2) is 0 Å². The van der Waals surface area contributed by atoms with Gasteiger partial charge < -0.3 is 0 Å². The van der Waals surface area contributed by atoms with Crippen molar-refractivity contribution in [3.8, 4) is 0 Å². The molecule has 0 unspecified atom stereocenters. The van der Waals surface area contributed by atoms with Crippen LogP contribution < -0.4 is 0 Å². The van der Waals surface area contributed by atoms with Crippen LogP contribution in [0.3, 0.4) is 0 Å². The Bertz CT molecular complexity index is 278. The molecule has 0 radical (unpaired) electrons. The first kappa shape index (κ1) is 8.95. The van der Waals surface area contributed by atoms with Gasteiger partial charge in [-0.05, 0) is 0 Å². The van der Waals surface area contributed by atoms with Crippen LogP contribution in [0.15, 0.2) is 11.6 Å². The first-order valence-electron chi connectivity index (χ1n) is 3.71. The molecule has 1 rings (SSSR count). The van der Waals surface area contributed by atoms with E-state index < -0.39 is 12.7 Å². The van der Waals surface area contributed by atoms with E-state index in [0.29, 0.717) is 10.6 Å². The summed E-state index contributed by atoms with van der Waals surface area (Å²) in [5, 5.41) is 0.642. The van der Waals surface area contributed by atoms with Crippen molar-refractivity contribution in [3.63, 3.8) is 0 Å². The van der Waals surface area contributed by atoms with E-state index >= 15 is 0 Å². The topological polar surface area (TPSA) is 34.1 Å². The molecule has 2 nitrogen and oxygen atoms in total. The van der Waals surface area contributed by atoms with E-state index in [1.807, 2.05) is 6.08 Å². The van der Waals surface area contributed by atoms with E-state index in [2.05, 4.69) is 20.8 Å². The number of rotatable bonds is 0. The summed E-state index contributed by atoms with van der Waals surface area (Å²) in [5.41, 5.74) is 1.12. The zero-order valence-corrected chi connectivity index (χ0v) is 8.93. The van der Waals surface area contributed by atoms with Crippen LogP contribution in [0.5, 0.6) is 0 Å². The summed E-state index contributed by atoms with van der Waals surface area (Å²) in [7, 11) is 0. The fraction of sp³-hybridized carbons (Fsp3) is 0.750. The normalized spacial score (nSPS) is 23.4. The molecule has 0 amide bonds. The molecule has 0 N–H and O–H groups in total. The summed E-state index contributed by atoms with van der Waals surface area (Å²) in [6, 6.07) is 0. The Labute approximate surface area is 69.3 Å². The Hall–Kier alpha value is -0.141. The summed E-state index contributed by atoms with van der Waals surface area (Å²) in [6.07, 6.45) is 1.88. The van der Waals surface area contributed by atoms with Gasteiger partial charge in [0.25, 0.3) is 0 Å². The third kappa shape index (κ3) is 2.14. The molecule has 0 bridgehead atoms. The Balaban J connectivity index is 2.84. The zero-order valence-electron chi connectivity index (χ0n) is 7.22. The van der Waals surface area contributed by atoms with Crippen molar-refractivity contribution in [1.82, 2.24) is 0 Å². The summed E-state index contributed by atoms with van der Waals surface area (Å²) in [5.74, 6) is 0. The quantitative estimate of drug-likeness (QED) is 0.464. The SMILES string of the molecule is CC(C)(C)C1=CC[Se](=O)(=O)C1. The van der Waals surface area contributed by atoms with Crippen LogP contribution in [0.2, 0.25) is 10.6 Å². The second-order valence-corrected chi connectivity index (χ2v) is 8.46. The van der Waals surface area contributed by atoms with Crippen molar-refractivity contribution < 1.29 is 7.67 Å². The van der Waals surface area contributed by atoms with Crippen molar-refractivity contribution in [1.29, 1.82) is 0 Å². The van der Waals surface area contributed by atoms with Crippen LogP contribution in [0.4, 0.5) is 0 Å². The Morgan fingerprint density at radius 3 is 2.09 bits per heavy atom. The molecule has 0 fully saturated rings. The van der Waals surface area contributed by atoms with E-state index in [9.17, 15) is 7.67 Å². The molecule has 64 valence electrons. The Morgan fingerprint density at radius 1 is 1.36 bits per heavy atom. The molecular weight excluding hydrogens is 207 g/mol. The average molecular weight is 221 g/mol. The van der Waals surface area contributed by atoms with Gasteiger partial charge in [0.1, 0.15) is 0 Å². The fourth-order valence-electron chi connectivity index (χ4n) is 1.11. The molecule has 3 heteroatoms. The second kappa shape index (κ2) is 2.43. The van der Waals surface area contributed by atoms with E-state index in [-0.39, 0.29) is 5.41 Å². The van der Waals surface area contributed by atoms with Crippen molar-refractivity contribution in [2.24, 2.45) is 5.41 Å². The molecule has 1 aliphatic heterocycles. The first-order chi connectivity index (χ1) is 4.81. The maximum absolute atomic E-state index is 11.1. The van der Waals surface area contributed by atoms with Crippen molar-refractivity contribution in [2.75, 3.05) is 0 Å². The van der Waals surface area contributed by atoms with Gasteiger partial charge in [-0.1, -0.05) is 0 Å². The summed E-state index contributed by atoms with van der Waals surface area (Å²) in [6.45, 7) is 6.16. The predicted octanol–water partition coefficient (Wildman–Crippen LogP) is 2.28. The molecule has 0 aromatic carbocycles.